The van der Waals surface area contributed by atoms with Crippen molar-refractivity contribution in [3.63, 3.8) is 0 Å². The molecule has 3 aromatic rings. The molecule has 0 aliphatic heterocycles. The number of anilines is 1. The lowest BCUT2D eigenvalue weighted by Crippen LogP contribution is -2.11. The predicted molar refractivity (Wildman–Crippen MR) is 80.6 cm³/mol. The van der Waals surface area contributed by atoms with Gasteiger partial charge < -0.3 is 10.1 Å². The summed E-state index contributed by atoms with van der Waals surface area (Å²) in [4.78, 5) is 16.4. The standard InChI is InChI=1S/C15H12N2O2S/c1-19-12-4-2-3-10(7-12)15(18)17-11-5-6-14-13(8-11)16-9-20-14/h2-9H,1H3,(H,17,18). The molecule has 5 heteroatoms. The van der Waals surface area contributed by atoms with Crippen molar-refractivity contribution in [3.05, 3.63) is 53.5 Å². The third kappa shape index (κ3) is 2.48. The molecule has 100 valence electrons. The molecule has 0 radical (unpaired) electrons. The first-order valence-electron chi connectivity index (χ1n) is 6.05. The monoisotopic (exact) mass is 284 g/mol. The van der Waals surface area contributed by atoms with Gasteiger partial charge in [-0.2, -0.15) is 0 Å². The summed E-state index contributed by atoms with van der Waals surface area (Å²) in [6, 6.07) is 12.7. The maximum Gasteiger partial charge on any atom is 0.255 e. The van der Waals surface area contributed by atoms with Crippen molar-refractivity contribution in [2.24, 2.45) is 0 Å². The van der Waals surface area contributed by atoms with Gasteiger partial charge in [-0.05, 0) is 36.4 Å². The molecule has 0 spiro atoms. The highest BCUT2D eigenvalue weighted by atomic mass is 32.1. The van der Waals surface area contributed by atoms with Crippen LogP contribution >= 0.6 is 11.3 Å². The highest BCUT2D eigenvalue weighted by molar-refractivity contribution is 7.16. The summed E-state index contributed by atoms with van der Waals surface area (Å²) >= 11 is 1.58. The van der Waals surface area contributed by atoms with Gasteiger partial charge in [-0.3, -0.25) is 4.79 Å². The normalized spacial score (nSPS) is 10.4. The second kappa shape index (κ2) is 5.30. The molecule has 1 N–H and O–H groups in total. The van der Waals surface area contributed by atoms with Crippen LogP contribution in [0.5, 0.6) is 5.75 Å². The van der Waals surface area contributed by atoms with E-state index in [1.54, 1.807) is 48.2 Å². The van der Waals surface area contributed by atoms with Crippen molar-refractivity contribution >= 4 is 33.1 Å². The maximum atomic E-state index is 12.2. The summed E-state index contributed by atoms with van der Waals surface area (Å²) in [6.07, 6.45) is 0. The highest BCUT2D eigenvalue weighted by Gasteiger charge is 2.08. The molecule has 0 aliphatic carbocycles. The Morgan fingerprint density at radius 3 is 3.00 bits per heavy atom. The lowest BCUT2D eigenvalue weighted by Gasteiger charge is -2.06. The van der Waals surface area contributed by atoms with Gasteiger partial charge in [0.15, 0.2) is 0 Å². The number of rotatable bonds is 3. The number of fused-ring (bicyclic) bond motifs is 1. The van der Waals surface area contributed by atoms with E-state index in [1.165, 1.54) is 0 Å². The van der Waals surface area contributed by atoms with Crippen molar-refractivity contribution in [1.29, 1.82) is 0 Å². The number of amides is 1. The van der Waals surface area contributed by atoms with E-state index in [0.717, 1.165) is 15.9 Å². The first-order valence-corrected chi connectivity index (χ1v) is 6.93. The molecule has 1 amide bonds. The summed E-state index contributed by atoms with van der Waals surface area (Å²) in [5.74, 6) is 0.492. The second-order valence-corrected chi connectivity index (χ2v) is 5.11. The Labute approximate surface area is 120 Å². The number of nitrogens with zero attached hydrogens (tertiary/aromatic N) is 1. The zero-order chi connectivity index (χ0) is 13.9. The van der Waals surface area contributed by atoms with Gasteiger partial charge in [-0.25, -0.2) is 4.98 Å². The van der Waals surface area contributed by atoms with E-state index in [0.29, 0.717) is 11.3 Å². The molecule has 0 bridgehead atoms. The summed E-state index contributed by atoms with van der Waals surface area (Å²) in [6.45, 7) is 0. The van der Waals surface area contributed by atoms with Crippen LogP contribution in [0.25, 0.3) is 10.2 Å². The summed E-state index contributed by atoms with van der Waals surface area (Å²) < 4.78 is 6.22. The molecule has 4 nitrogen and oxygen atoms in total. The van der Waals surface area contributed by atoms with Crippen molar-refractivity contribution < 1.29 is 9.53 Å². The first kappa shape index (κ1) is 12.6. The van der Waals surface area contributed by atoms with E-state index in [1.807, 2.05) is 18.2 Å². The van der Waals surface area contributed by atoms with E-state index in [2.05, 4.69) is 10.3 Å². The Hall–Kier alpha value is -2.40. The smallest absolute Gasteiger partial charge is 0.255 e. The molecule has 1 heterocycles. The van der Waals surface area contributed by atoms with Crippen LogP contribution in [-0.4, -0.2) is 18.0 Å². The minimum Gasteiger partial charge on any atom is -0.497 e. The molecule has 0 atom stereocenters. The molecule has 0 aliphatic rings. The fraction of sp³-hybridized carbons (Fsp3) is 0.0667. The molecule has 20 heavy (non-hydrogen) atoms. The number of ether oxygens (including phenoxy) is 1. The van der Waals surface area contributed by atoms with Gasteiger partial charge in [0, 0.05) is 11.3 Å². The van der Waals surface area contributed by atoms with Gasteiger partial charge in [-0.15, -0.1) is 11.3 Å². The highest BCUT2D eigenvalue weighted by Crippen LogP contribution is 2.22. The lowest BCUT2D eigenvalue weighted by molar-refractivity contribution is 0.102. The summed E-state index contributed by atoms with van der Waals surface area (Å²) in [7, 11) is 1.58. The third-order valence-electron chi connectivity index (χ3n) is 2.92. The molecule has 0 saturated carbocycles. The number of benzene rings is 2. The molecular weight excluding hydrogens is 272 g/mol. The fourth-order valence-electron chi connectivity index (χ4n) is 1.90. The van der Waals surface area contributed by atoms with Crippen LogP contribution in [0.2, 0.25) is 0 Å². The van der Waals surface area contributed by atoms with E-state index in [4.69, 9.17) is 4.74 Å². The van der Waals surface area contributed by atoms with Crippen LogP contribution in [0.15, 0.2) is 48.0 Å². The second-order valence-electron chi connectivity index (χ2n) is 4.22. The summed E-state index contributed by atoms with van der Waals surface area (Å²) in [5, 5.41) is 2.86. The molecule has 2 aromatic carbocycles. The number of hydrogen-bond acceptors (Lipinski definition) is 4. The minimum atomic E-state index is -0.168. The quantitative estimate of drug-likeness (QED) is 0.800. The Kier molecular flexibility index (Phi) is 3.35. The van der Waals surface area contributed by atoms with Gasteiger partial charge in [-0.1, -0.05) is 6.07 Å². The van der Waals surface area contributed by atoms with Crippen LogP contribution in [-0.2, 0) is 0 Å². The van der Waals surface area contributed by atoms with Crippen LogP contribution in [0.3, 0.4) is 0 Å². The number of thiazole rings is 1. The number of carbonyl (C=O) groups excluding carboxylic acids is 1. The molecule has 1 aromatic heterocycles. The molecule has 0 unspecified atom stereocenters. The Bertz CT molecular complexity index is 767. The van der Waals surface area contributed by atoms with Crippen LogP contribution in [0.1, 0.15) is 10.4 Å². The Morgan fingerprint density at radius 2 is 2.15 bits per heavy atom. The SMILES string of the molecule is COc1cccc(C(=O)Nc2ccc3scnc3c2)c1. The zero-order valence-corrected chi connectivity index (χ0v) is 11.6. The zero-order valence-electron chi connectivity index (χ0n) is 10.8. The van der Waals surface area contributed by atoms with Gasteiger partial charge >= 0.3 is 0 Å². The number of nitrogens with one attached hydrogen (secondary N) is 1. The first-order chi connectivity index (χ1) is 9.76. The van der Waals surface area contributed by atoms with Crippen molar-refractivity contribution in [3.8, 4) is 5.75 Å². The van der Waals surface area contributed by atoms with Gasteiger partial charge in [0.1, 0.15) is 5.75 Å². The van der Waals surface area contributed by atoms with Crippen LogP contribution in [0, 0.1) is 0 Å². The fourth-order valence-corrected chi connectivity index (χ4v) is 2.56. The predicted octanol–water partition coefficient (Wildman–Crippen LogP) is 3.56. The topological polar surface area (TPSA) is 51.2 Å². The molecule has 0 fully saturated rings. The molecule has 3 rings (SSSR count). The van der Waals surface area contributed by atoms with E-state index >= 15 is 0 Å². The number of hydrogen-bond donors (Lipinski definition) is 1. The maximum absolute atomic E-state index is 12.2. The number of aromatic nitrogens is 1. The third-order valence-corrected chi connectivity index (χ3v) is 3.73. The van der Waals surface area contributed by atoms with Crippen molar-refractivity contribution in [2.45, 2.75) is 0 Å². The number of carbonyl (C=O) groups is 1. The Morgan fingerprint density at radius 1 is 1.25 bits per heavy atom. The van der Waals surface area contributed by atoms with E-state index in [9.17, 15) is 4.79 Å². The average Bonchev–Trinajstić information content (AvgIpc) is 2.95. The van der Waals surface area contributed by atoms with Crippen LogP contribution < -0.4 is 10.1 Å². The minimum absolute atomic E-state index is 0.168. The van der Waals surface area contributed by atoms with Crippen LogP contribution in [0.4, 0.5) is 5.69 Å². The van der Waals surface area contributed by atoms with Gasteiger partial charge in [0.25, 0.3) is 5.91 Å². The Balaban J connectivity index is 1.83. The van der Waals surface area contributed by atoms with Gasteiger partial charge in [0.05, 0.1) is 22.8 Å². The lowest BCUT2D eigenvalue weighted by atomic mass is 10.2. The van der Waals surface area contributed by atoms with E-state index in [-0.39, 0.29) is 5.91 Å². The van der Waals surface area contributed by atoms with Crippen molar-refractivity contribution in [2.75, 3.05) is 12.4 Å². The summed E-state index contributed by atoms with van der Waals surface area (Å²) in [5.41, 5.74) is 3.97. The molecular formula is C15H12N2O2S. The van der Waals surface area contributed by atoms with Crippen molar-refractivity contribution in [1.82, 2.24) is 4.98 Å². The average molecular weight is 284 g/mol. The van der Waals surface area contributed by atoms with E-state index < -0.39 is 0 Å². The number of methoxy groups -OCH3 is 1. The molecule has 0 saturated heterocycles. The van der Waals surface area contributed by atoms with Gasteiger partial charge in [0.2, 0.25) is 0 Å². The largest absolute Gasteiger partial charge is 0.497 e.